The highest BCUT2D eigenvalue weighted by Gasteiger charge is 2.60. The van der Waals surface area contributed by atoms with Crippen molar-refractivity contribution in [1.29, 1.82) is 0 Å². The molecule has 0 aromatic heterocycles. The predicted molar refractivity (Wildman–Crippen MR) is 98.9 cm³/mol. The minimum absolute atomic E-state index is 0.124. The first kappa shape index (κ1) is 23.1. The summed E-state index contributed by atoms with van der Waals surface area (Å²) in [5.41, 5.74) is -3.93. The monoisotopic (exact) mass is 389 g/mol. The highest BCUT2D eigenvalue weighted by molar-refractivity contribution is 5.97. The Balaban J connectivity index is 3.49. The van der Waals surface area contributed by atoms with Crippen LogP contribution < -0.4 is 4.74 Å². The second-order valence-corrected chi connectivity index (χ2v) is 7.20. The fourth-order valence-corrected chi connectivity index (χ4v) is 3.30. The first-order valence-corrected chi connectivity index (χ1v) is 8.56. The first-order chi connectivity index (χ1) is 12.3. The van der Waals surface area contributed by atoms with Gasteiger partial charge in [0.25, 0.3) is 0 Å². The van der Waals surface area contributed by atoms with E-state index in [2.05, 4.69) is 4.99 Å². The van der Waals surface area contributed by atoms with E-state index in [0.717, 1.165) is 6.07 Å². The Labute approximate surface area is 157 Å². The molecule has 27 heavy (non-hydrogen) atoms. The van der Waals surface area contributed by atoms with Crippen LogP contribution in [0.4, 0.5) is 17.6 Å². The lowest BCUT2D eigenvalue weighted by atomic mass is 9.69. The van der Waals surface area contributed by atoms with E-state index in [0.29, 0.717) is 0 Å². The van der Waals surface area contributed by atoms with Gasteiger partial charge in [0, 0.05) is 24.2 Å². The Bertz CT molecular complexity index is 710. The Morgan fingerprint density at radius 2 is 1.89 bits per heavy atom. The summed E-state index contributed by atoms with van der Waals surface area (Å²) in [6, 6.07) is 3.67. The van der Waals surface area contributed by atoms with Crippen molar-refractivity contribution in [2.45, 2.75) is 51.3 Å². The highest BCUT2D eigenvalue weighted by atomic mass is 19.4. The summed E-state index contributed by atoms with van der Waals surface area (Å²) in [5.74, 6) is -1.65. The van der Waals surface area contributed by atoms with Crippen LogP contribution in [0.5, 0.6) is 5.75 Å². The average Bonchev–Trinajstić information content (AvgIpc) is 2.57. The van der Waals surface area contributed by atoms with E-state index in [1.807, 2.05) is 0 Å². The molecule has 1 N–H and O–H groups in total. The minimum atomic E-state index is -4.91. The molecule has 1 aromatic carbocycles. The summed E-state index contributed by atoms with van der Waals surface area (Å²) in [5, 5.41) is 10.8. The quantitative estimate of drug-likeness (QED) is 0.522. The number of halogens is 4. The van der Waals surface area contributed by atoms with Crippen LogP contribution >= 0.6 is 0 Å². The Kier molecular flexibility index (Phi) is 7.22. The van der Waals surface area contributed by atoms with Gasteiger partial charge in [-0.15, -0.1) is 0 Å². The maximum absolute atomic E-state index is 14.0. The molecule has 1 aromatic rings. The minimum Gasteiger partial charge on any atom is -0.496 e. The summed E-state index contributed by atoms with van der Waals surface area (Å²) in [6.45, 7) is 5.99. The van der Waals surface area contributed by atoms with Crippen LogP contribution in [0, 0.1) is 11.7 Å². The van der Waals surface area contributed by atoms with E-state index in [-0.39, 0.29) is 17.0 Å². The largest absolute Gasteiger partial charge is 0.496 e. The summed E-state index contributed by atoms with van der Waals surface area (Å²) >= 11 is 0. The fourth-order valence-electron chi connectivity index (χ4n) is 3.30. The fraction of sp³-hybridized carbons (Fsp3) is 0.550. The molecule has 152 valence electrons. The molecule has 0 aliphatic carbocycles. The SMILES string of the molecule is C/C=C\C(=NC)C(C)C(O)(CC(C)(C)c1cc(F)ccc1OC)C(F)(F)F. The summed E-state index contributed by atoms with van der Waals surface area (Å²) < 4.78 is 60.8. The van der Waals surface area contributed by atoms with Gasteiger partial charge in [-0.25, -0.2) is 4.39 Å². The molecule has 0 saturated heterocycles. The van der Waals surface area contributed by atoms with Crippen LogP contribution in [0.1, 0.15) is 39.7 Å². The van der Waals surface area contributed by atoms with Gasteiger partial charge in [0.2, 0.25) is 0 Å². The molecule has 0 amide bonds. The molecule has 1 rings (SSSR count). The molecule has 0 fully saturated rings. The third kappa shape index (κ3) is 4.89. The summed E-state index contributed by atoms with van der Waals surface area (Å²) in [4.78, 5) is 3.89. The number of alkyl halides is 3. The molecular formula is C20H27F4NO2. The van der Waals surface area contributed by atoms with Gasteiger partial charge in [-0.3, -0.25) is 4.99 Å². The second-order valence-electron chi connectivity index (χ2n) is 7.20. The van der Waals surface area contributed by atoms with Gasteiger partial charge >= 0.3 is 6.18 Å². The Morgan fingerprint density at radius 3 is 2.33 bits per heavy atom. The van der Waals surface area contributed by atoms with Crippen molar-refractivity contribution in [3.63, 3.8) is 0 Å². The Morgan fingerprint density at radius 1 is 1.30 bits per heavy atom. The second kappa shape index (κ2) is 8.42. The average molecular weight is 389 g/mol. The zero-order valence-electron chi connectivity index (χ0n) is 16.5. The number of hydrogen-bond donors (Lipinski definition) is 1. The number of allylic oxidation sites excluding steroid dienone is 2. The zero-order valence-corrected chi connectivity index (χ0v) is 16.5. The number of hydrogen-bond acceptors (Lipinski definition) is 3. The van der Waals surface area contributed by atoms with Crippen molar-refractivity contribution in [3.05, 3.63) is 41.7 Å². The maximum Gasteiger partial charge on any atom is 0.417 e. The number of aliphatic hydroxyl groups is 1. The van der Waals surface area contributed by atoms with Gasteiger partial charge in [-0.05, 0) is 43.0 Å². The van der Waals surface area contributed by atoms with E-state index in [1.165, 1.54) is 53.1 Å². The lowest BCUT2D eigenvalue weighted by Crippen LogP contribution is -2.55. The van der Waals surface area contributed by atoms with Gasteiger partial charge in [-0.1, -0.05) is 26.8 Å². The third-order valence-electron chi connectivity index (χ3n) is 4.85. The van der Waals surface area contributed by atoms with Crippen molar-refractivity contribution in [3.8, 4) is 5.75 Å². The maximum atomic E-state index is 14.0. The van der Waals surface area contributed by atoms with E-state index in [4.69, 9.17) is 4.74 Å². The van der Waals surface area contributed by atoms with Crippen molar-refractivity contribution in [2.75, 3.05) is 14.2 Å². The molecule has 0 bridgehead atoms. The lowest BCUT2D eigenvalue weighted by Gasteiger charge is -2.42. The summed E-state index contributed by atoms with van der Waals surface area (Å²) in [6.07, 6.45) is -2.60. The van der Waals surface area contributed by atoms with Gasteiger partial charge in [0.1, 0.15) is 11.6 Å². The number of methoxy groups -OCH3 is 1. The molecular weight excluding hydrogens is 362 g/mol. The smallest absolute Gasteiger partial charge is 0.417 e. The molecule has 0 spiro atoms. The highest BCUT2D eigenvalue weighted by Crippen LogP contribution is 2.47. The van der Waals surface area contributed by atoms with Crippen LogP contribution in [-0.4, -0.2) is 36.8 Å². The van der Waals surface area contributed by atoms with E-state index >= 15 is 0 Å². The molecule has 3 nitrogen and oxygen atoms in total. The van der Waals surface area contributed by atoms with Crippen LogP contribution in [0.15, 0.2) is 35.3 Å². The first-order valence-electron chi connectivity index (χ1n) is 8.56. The van der Waals surface area contributed by atoms with Gasteiger partial charge < -0.3 is 9.84 Å². The van der Waals surface area contributed by atoms with Gasteiger partial charge in [0.15, 0.2) is 5.60 Å². The van der Waals surface area contributed by atoms with E-state index < -0.39 is 35.3 Å². The molecule has 0 aliphatic rings. The molecule has 2 atom stereocenters. The molecule has 7 heteroatoms. The third-order valence-corrected chi connectivity index (χ3v) is 4.85. The van der Waals surface area contributed by atoms with Crippen molar-refractivity contribution < 1.29 is 27.4 Å². The number of aliphatic imine (C=N–C) groups is 1. The van der Waals surface area contributed by atoms with Gasteiger partial charge in [-0.2, -0.15) is 13.2 Å². The Hall–Kier alpha value is -1.89. The van der Waals surface area contributed by atoms with Gasteiger partial charge in [0.05, 0.1) is 7.11 Å². The van der Waals surface area contributed by atoms with Crippen LogP contribution in [0.25, 0.3) is 0 Å². The predicted octanol–water partition coefficient (Wildman–Crippen LogP) is 5.08. The number of nitrogens with zero attached hydrogens (tertiary/aromatic N) is 1. The molecule has 0 radical (unpaired) electrons. The lowest BCUT2D eigenvalue weighted by molar-refractivity contribution is -0.276. The van der Waals surface area contributed by atoms with E-state index in [1.54, 1.807) is 13.0 Å². The summed E-state index contributed by atoms with van der Waals surface area (Å²) in [7, 11) is 2.74. The topological polar surface area (TPSA) is 41.8 Å². The number of ether oxygens (including phenoxy) is 1. The van der Waals surface area contributed by atoms with Crippen molar-refractivity contribution in [2.24, 2.45) is 10.9 Å². The molecule has 0 heterocycles. The van der Waals surface area contributed by atoms with E-state index in [9.17, 15) is 22.7 Å². The normalized spacial score (nSPS) is 17.1. The molecule has 0 saturated carbocycles. The van der Waals surface area contributed by atoms with Crippen LogP contribution in [0.3, 0.4) is 0 Å². The number of benzene rings is 1. The number of rotatable bonds is 7. The van der Waals surface area contributed by atoms with Crippen molar-refractivity contribution in [1.82, 2.24) is 0 Å². The molecule has 2 unspecified atom stereocenters. The molecule has 0 aliphatic heterocycles. The van der Waals surface area contributed by atoms with Crippen molar-refractivity contribution >= 4 is 5.71 Å². The standard InChI is InChI=1S/C20H27F4NO2/c1-7-8-16(25-5)13(2)19(26,20(22,23)24)12-18(3,4)15-11-14(21)9-10-17(15)27-6/h7-11,13,26H,12H2,1-6H3/b8-7-,25-16?. The van der Waals surface area contributed by atoms with Crippen LogP contribution in [0.2, 0.25) is 0 Å². The van der Waals surface area contributed by atoms with Crippen LogP contribution in [-0.2, 0) is 5.41 Å². The zero-order chi connectivity index (χ0) is 21.0.